The Kier molecular flexibility index (Phi) is 8.65. The van der Waals surface area contributed by atoms with Crippen molar-refractivity contribution < 1.29 is 19.0 Å². The van der Waals surface area contributed by atoms with E-state index in [1.54, 1.807) is 33.5 Å². The summed E-state index contributed by atoms with van der Waals surface area (Å²) < 4.78 is 16.1. The Morgan fingerprint density at radius 1 is 1.22 bits per heavy atom. The molecule has 0 aromatic heterocycles. The molecule has 1 fully saturated rings. The van der Waals surface area contributed by atoms with Gasteiger partial charge in [0, 0.05) is 31.3 Å². The van der Waals surface area contributed by atoms with Gasteiger partial charge in [-0.05, 0) is 11.8 Å². The lowest BCUT2D eigenvalue weighted by Crippen LogP contribution is -2.54. The maximum Gasteiger partial charge on any atom is 0.234 e. The number of likely N-dealkylation sites (tertiary alicyclic amines) is 1. The SMILES string of the molecule is COc1cc(OC)c(CNC(=O)CN2CCC(N)C(C)(C)C2)c(OC)c1.Cl. The van der Waals surface area contributed by atoms with Gasteiger partial charge in [0.1, 0.15) is 17.2 Å². The normalized spacial score (nSPS) is 19.0. The van der Waals surface area contributed by atoms with Crippen LogP contribution in [0.15, 0.2) is 12.1 Å². The zero-order valence-corrected chi connectivity index (χ0v) is 17.6. The van der Waals surface area contributed by atoms with E-state index in [0.717, 1.165) is 25.1 Å². The molecule has 3 N–H and O–H groups in total. The number of methoxy groups -OCH3 is 3. The highest BCUT2D eigenvalue weighted by Gasteiger charge is 2.33. The monoisotopic (exact) mass is 401 g/mol. The molecule has 1 amide bonds. The molecule has 1 aromatic rings. The zero-order chi connectivity index (χ0) is 19.3. The van der Waals surface area contributed by atoms with Crippen LogP contribution in [0.3, 0.4) is 0 Å². The number of halogens is 1. The average molecular weight is 402 g/mol. The Hall–Kier alpha value is -1.70. The first kappa shape index (κ1) is 23.3. The van der Waals surface area contributed by atoms with E-state index >= 15 is 0 Å². The minimum absolute atomic E-state index is 0. The largest absolute Gasteiger partial charge is 0.496 e. The summed E-state index contributed by atoms with van der Waals surface area (Å²) in [5.41, 5.74) is 6.96. The molecule has 2 rings (SSSR count). The van der Waals surface area contributed by atoms with Crippen molar-refractivity contribution in [2.45, 2.75) is 32.9 Å². The Morgan fingerprint density at radius 3 is 2.30 bits per heavy atom. The number of hydrogen-bond donors (Lipinski definition) is 2. The van der Waals surface area contributed by atoms with Crippen LogP contribution in [-0.4, -0.2) is 57.8 Å². The van der Waals surface area contributed by atoms with E-state index in [1.165, 1.54) is 0 Å². The van der Waals surface area contributed by atoms with Gasteiger partial charge >= 0.3 is 0 Å². The van der Waals surface area contributed by atoms with Gasteiger partial charge < -0.3 is 25.3 Å². The molecule has 0 aliphatic carbocycles. The lowest BCUT2D eigenvalue weighted by molar-refractivity contribution is -0.123. The number of amides is 1. The number of ether oxygens (including phenoxy) is 3. The molecule has 1 unspecified atom stereocenters. The Labute approximate surface area is 167 Å². The van der Waals surface area contributed by atoms with Crippen molar-refractivity contribution in [1.82, 2.24) is 10.2 Å². The van der Waals surface area contributed by atoms with Gasteiger partial charge in [0.05, 0.1) is 40.0 Å². The standard InChI is InChI=1S/C19H31N3O4.ClH/c1-19(2)12-22(7-6-17(19)20)11-18(23)21-10-14-15(25-4)8-13(24-3)9-16(14)26-5;/h8-9,17H,6-7,10-12,20H2,1-5H3,(H,21,23);1H. The number of nitrogens with zero attached hydrogens (tertiary/aromatic N) is 1. The van der Waals surface area contributed by atoms with Crippen LogP contribution in [0.2, 0.25) is 0 Å². The van der Waals surface area contributed by atoms with Gasteiger partial charge in [0.15, 0.2) is 0 Å². The molecule has 1 saturated heterocycles. The van der Waals surface area contributed by atoms with E-state index in [1.807, 2.05) is 0 Å². The van der Waals surface area contributed by atoms with E-state index in [2.05, 4.69) is 24.1 Å². The highest BCUT2D eigenvalue weighted by Crippen LogP contribution is 2.34. The van der Waals surface area contributed by atoms with Crippen molar-refractivity contribution in [3.8, 4) is 17.2 Å². The summed E-state index contributed by atoms with van der Waals surface area (Å²) in [6.45, 7) is 6.64. The first-order chi connectivity index (χ1) is 12.3. The predicted molar refractivity (Wildman–Crippen MR) is 108 cm³/mol. The third-order valence-electron chi connectivity index (χ3n) is 5.04. The van der Waals surface area contributed by atoms with Crippen molar-refractivity contribution in [3.63, 3.8) is 0 Å². The second-order valence-electron chi connectivity index (χ2n) is 7.38. The number of carbonyl (C=O) groups is 1. The molecule has 7 nitrogen and oxygen atoms in total. The quantitative estimate of drug-likeness (QED) is 0.724. The first-order valence-corrected chi connectivity index (χ1v) is 8.84. The molecular formula is C19H32ClN3O4. The molecule has 154 valence electrons. The van der Waals surface area contributed by atoms with Crippen LogP contribution >= 0.6 is 12.4 Å². The molecule has 0 saturated carbocycles. The van der Waals surface area contributed by atoms with Gasteiger partial charge in [-0.2, -0.15) is 0 Å². The number of hydrogen-bond acceptors (Lipinski definition) is 6. The maximum atomic E-state index is 12.4. The van der Waals surface area contributed by atoms with Gasteiger partial charge in [-0.1, -0.05) is 13.8 Å². The van der Waals surface area contributed by atoms with Crippen molar-refractivity contribution in [1.29, 1.82) is 0 Å². The van der Waals surface area contributed by atoms with Crippen LogP contribution in [0.25, 0.3) is 0 Å². The fourth-order valence-electron chi connectivity index (χ4n) is 3.32. The highest BCUT2D eigenvalue weighted by atomic mass is 35.5. The lowest BCUT2D eigenvalue weighted by atomic mass is 9.80. The van der Waals surface area contributed by atoms with Crippen molar-refractivity contribution in [2.24, 2.45) is 11.1 Å². The third-order valence-corrected chi connectivity index (χ3v) is 5.04. The third kappa shape index (κ3) is 5.89. The number of nitrogens with one attached hydrogen (secondary N) is 1. The molecule has 8 heteroatoms. The van der Waals surface area contributed by atoms with Crippen molar-refractivity contribution in [2.75, 3.05) is 41.0 Å². The second-order valence-corrected chi connectivity index (χ2v) is 7.38. The minimum Gasteiger partial charge on any atom is -0.496 e. The summed E-state index contributed by atoms with van der Waals surface area (Å²) in [6, 6.07) is 3.73. The second kappa shape index (κ2) is 10.0. The van der Waals surface area contributed by atoms with Crippen LogP contribution in [0.5, 0.6) is 17.2 Å². The summed E-state index contributed by atoms with van der Waals surface area (Å²) in [5.74, 6) is 1.84. The number of piperidine rings is 1. The number of nitrogens with two attached hydrogens (primary N) is 1. The van der Waals surface area contributed by atoms with Crippen molar-refractivity contribution >= 4 is 18.3 Å². The smallest absolute Gasteiger partial charge is 0.234 e. The van der Waals surface area contributed by atoms with Crippen molar-refractivity contribution in [3.05, 3.63) is 17.7 Å². The van der Waals surface area contributed by atoms with E-state index in [0.29, 0.717) is 30.3 Å². The molecule has 0 radical (unpaired) electrons. The molecule has 1 aliphatic heterocycles. The molecule has 0 spiro atoms. The van der Waals surface area contributed by atoms with Gasteiger partial charge in [0.2, 0.25) is 5.91 Å². The average Bonchev–Trinajstić information content (AvgIpc) is 2.61. The Morgan fingerprint density at radius 2 is 1.81 bits per heavy atom. The van der Waals surface area contributed by atoms with Crippen LogP contribution in [0.4, 0.5) is 0 Å². The molecular weight excluding hydrogens is 370 g/mol. The number of benzene rings is 1. The fraction of sp³-hybridized carbons (Fsp3) is 0.632. The minimum atomic E-state index is -0.0313. The topological polar surface area (TPSA) is 86.1 Å². The summed E-state index contributed by atoms with van der Waals surface area (Å²) >= 11 is 0. The molecule has 1 heterocycles. The van der Waals surface area contributed by atoms with Gasteiger partial charge in [-0.25, -0.2) is 0 Å². The molecule has 0 bridgehead atoms. The molecule has 1 aliphatic rings. The molecule has 1 atom stereocenters. The summed E-state index contributed by atoms with van der Waals surface area (Å²) in [7, 11) is 4.75. The van der Waals surface area contributed by atoms with E-state index in [4.69, 9.17) is 19.9 Å². The Balaban J connectivity index is 0.00000364. The maximum absolute atomic E-state index is 12.4. The first-order valence-electron chi connectivity index (χ1n) is 8.84. The summed E-state index contributed by atoms with van der Waals surface area (Å²) in [5, 5.41) is 2.96. The Bertz CT molecular complexity index is 614. The van der Waals surface area contributed by atoms with Gasteiger partial charge in [-0.3, -0.25) is 9.69 Å². The number of rotatable bonds is 7. The van der Waals surface area contributed by atoms with Crippen LogP contribution in [0.1, 0.15) is 25.8 Å². The van der Waals surface area contributed by atoms with E-state index in [9.17, 15) is 4.79 Å². The van der Waals surface area contributed by atoms with Gasteiger partial charge in [0.25, 0.3) is 0 Å². The summed E-state index contributed by atoms with van der Waals surface area (Å²) in [4.78, 5) is 14.6. The van der Waals surface area contributed by atoms with Gasteiger partial charge in [-0.15, -0.1) is 12.4 Å². The van der Waals surface area contributed by atoms with Crippen LogP contribution < -0.4 is 25.3 Å². The lowest BCUT2D eigenvalue weighted by Gasteiger charge is -2.42. The van der Waals surface area contributed by atoms with Crippen LogP contribution in [0, 0.1) is 5.41 Å². The summed E-state index contributed by atoms with van der Waals surface area (Å²) in [6.07, 6.45) is 0.903. The van der Waals surface area contributed by atoms with E-state index < -0.39 is 0 Å². The highest BCUT2D eigenvalue weighted by molar-refractivity contribution is 5.85. The predicted octanol–water partition coefficient (Wildman–Crippen LogP) is 1.81. The number of carbonyl (C=O) groups excluding carboxylic acids is 1. The molecule has 27 heavy (non-hydrogen) atoms. The molecule has 1 aromatic carbocycles. The van der Waals surface area contributed by atoms with E-state index in [-0.39, 0.29) is 29.8 Å². The van der Waals surface area contributed by atoms with Crippen LogP contribution in [-0.2, 0) is 11.3 Å². The fourth-order valence-corrected chi connectivity index (χ4v) is 3.32. The zero-order valence-electron chi connectivity index (χ0n) is 16.8.